The van der Waals surface area contributed by atoms with Gasteiger partial charge in [-0.15, -0.1) is 11.8 Å². The summed E-state index contributed by atoms with van der Waals surface area (Å²) >= 11 is 7.71. The first-order chi connectivity index (χ1) is 9.40. The van der Waals surface area contributed by atoms with Gasteiger partial charge in [0.1, 0.15) is 16.6 Å². The largest absolute Gasteiger partial charge is 0.480 e. The van der Waals surface area contributed by atoms with Gasteiger partial charge in [-0.25, -0.2) is 0 Å². The summed E-state index contributed by atoms with van der Waals surface area (Å²) in [4.78, 5) is 26.4. The van der Waals surface area contributed by atoms with E-state index in [-0.39, 0.29) is 11.7 Å². The molecule has 108 valence electrons. The highest BCUT2D eigenvalue weighted by atomic mass is 32.2. The van der Waals surface area contributed by atoms with Crippen LogP contribution in [-0.2, 0) is 9.59 Å². The second kappa shape index (κ2) is 6.19. The Hall–Kier alpha value is -0.990. The molecule has 5 nitrogen and oxygen atoms in total. The number of thioether (sulfide) groups is 2. The van der Waals surface area contributed by atoms with Crippen molar-refractivity contribution in [1.82, 2.24) is 9.80 Å². The van der Waals surface area contributed by atoms with Gasteiger partial charge in [-0.3, -0.25) is 9.59 Å². The van der Waals surface area contributed by atoms with Gasteiger partial charge in [-0.05, 0) is 30.3 Å². The number of thiocarbonyl (C=S) groups is 1. The molecule has 2 heterocycles. The Bertz CT molecular complexity index is 542. The van der Waals surface area contributed by atoms with Crippen LogP contribution in [0.4, 0.5) is 0 Å². The van der Waals surface area contributed by atoms with Crippen LogP contribution in [0.5, 0.6) is 0 Å². The first kappa shape index (κ1) is 15.4. The van der Waals surface area contributed by atoms with E-state index in [2.05, 4.69) is 4.90 Å². The zero-order chi connectivity index (χ0) is 14.9. The maximum Gasteiger partial charge on any atom is 0.323 e. The Morgan fingerprint density at radius 2 is 2.25 bits per heavy atom. The zero-order valence-corrected chi connectivity index (χ0v) is 13.5. The molecule has 0 amide bonds. The fourth-order valence-corrected chi connectivity index (χ4v) is 4.27. The van der Waals surface area contributed by atoms with Crippen LogP contribution in [0.25, 0.3) is 0 Å². The van der Waals surface area contributed by atoms with Crippen LogP contribution in [0.3, 0.4) is 0 Å². The van der Waals surface area contributed by atoms with E-state index in [0.29, 0.717) is 10.0 Å². The SMILES string of the molecule is CC(C=C1SCCN1C)=C1C(=O)SC(=S)N1CC(=O)O. The Balaban J connectivity index is 2.35. The third-order valence-electron chi connectivity index (χ3n) is 2.92. The molecule has 0 aromatic carbocycles. The van der Waals surface area contributed by atoms with Crippen LogP contribution in [0.1, 0.15) is 6.92 Å². The number of carbonyl (C=O) groups excluding carboxylic acids is 1. The molecule has 0 radical (unpaired) electrons. The van der Waals surface area contributed by atoms with Crippen LogP contribution in [0, 0.1) is 0 Å². The third kappa shape index (κ3) is 3.18. The Morgan fingerprint density at radius 1 is 1.55 bits per heavy atom. The first-order valence-corrected chi connectivity index (χ1v) is 8.13. The van der Waals surface area contributed by atoms with Crippen molar-refractivity contribution in [2.45, 2.75) is 6.92 Å². The van der Waals surface area contributed by atoms with Gasteiger partial charge in [0.05, 0.1) is 5.03 Å². The highest BCUT2D eigenvalue weighted by Gasteiger charge is 2.34. The fraction of sp³-hybridized carbons (Fsp3) is 0.417. The van der Waals surface area contributed by atoms with Gasteiger partial charge >= 0.3 is 5.97 Å². The summed E-state index contributed by atoms with van der Waals surface area (Å²) in [6, 6.07) is 0. The van der Waals surface area contributed by atoms with Gasteiger partial charge in [0.25, 0.3) is 0 Å². The van der Waals surface area contributed by atoms with Crippen molar-refractivity contribution < 1.29 is 14.7 Å². The minimum atomic E-state index is -1.01. The van der Waals surface area contributed by atoms with Crippen molar-refractivity contribution in [2.75, 3.05) is 25.9 Å². The number of allylic oxidation sites excluding steroid dienone is 2. The lowest BCUT2D eigenvalue weighted by atomic mass is 10.2. The molecule has 0 aliphatic carbocycles. The molecule has 0 saturated carbocycles. The summed E-state index contributed by atoms with van der Waals surface area (Å²) in [5.41, 5.74) is 1.13. The van der Waals surface area contributed by atoms with Crippen molar-refractivity contribution in [3.8, 4) is 0 Å². The molecule has 2 aliphatic rings. The normalized spacial score (nSPS) is 24.0. The lowest BCUT2D eigenvalue weighted by molar-refractivity contribution is -0.137. The van der Waals surface area contributed by atoms with Gasteiger partial charge in [-0.2, -0.15) is 0 Å². The van der Waals surface area contributed by atoms with E-state index in [0.717, 1.165) is 34.7 Å². The number of nitrogens with zero attached hydrogens (tertiary/aromatic N) is 2. The van der Waals surface area contributed by atoms with E-state index >= 15 is 0 Å². The number of hydrogen-bond acceptors (Lipinski definition) is 6. The van der Waals surface area contributed by atoms with Crippen LogP contribution >= 0.6 is 35.7 Å². The number of rotatable bonds is 3. The predicted octanol–water partition coefficient (Wildman–Crippen LogP) is 1.73. The molecule has 1 N–H and O–H groups in total. The average Bonchev–Trinajstić information content (AvgIpc) is 2.84. The molecule has 2 rings (SSSR count). The molecular formula is C12H14N2O3S3. The van der Waals surface area contributed by atoms with Crippen molar-refractivity contribution in [3.05, 3.63) is 22.4 Å². The summed E-state index contributed by atoms with van der Waals surface area (Å²) in [5.74, 6) is 0.0122. The summed E-state index contributed by atoms with van der Waals surface area (Å²) in [7, 11) is 1.99. The molecule has 0 aromatic heterocycles. The number of carbonyl (C=O) groups is 2. The summed E-state index contributed by atoms with van der Waals surface area (Å²) in [6.45, 7) is 2.51. The smallest absolute Gasteiger partial charge is 0.323 e. The molecule has 0 bridgehead atoms. The molecule has 0 atom stereocenters. The molecule has 2 aliphatic heterocycles. The zero-order valence-electron chi connectivity index (χ0n) is 11.1. The predicted molar refractivity (Wildman–Crippen MR) is 85.4 cm³/mol. The van der Waals surface area contributed by atoms with Crippen molar-refractivity contribution in [2.24, 2.45) is 0 Å². The van der Waals surface area contributed by atoms with Crippen LogP contribution < -0.4 is 0 Å². The number of carboxylic acid groups (broad SMARTS) is 1. The molecule has 0 aromatic rings. The van der Waals surface area contributed by atoms with Crippen molar-refractivity contribution >= 4 is 51.1 Å². The quantitative estimate of drug-likeness (QED) is 0.620. The second-order valence-corrected chi connectivity index (χ2v) is 7.14. The number of hydrogen-bond donors (Lipinski definition) is 1. The molecule has 8 heteroatoms. The number of aliphatic carboxylic acids is 1. The van der Waals surface area contributed by atoms with Crippen LogP contribution in [-0.4, -0.2) is 56.2 Å². The summed E-state index contributed by atoms with van der Waals surface area (Å²) in [5, 5.41) is 9.83. The Labute approximate surface area is 131 Å². The van der Waals surface area contributed by atoms with Gasteiger partial charge < -0.3 is 14.9 Å². The highest BCUT2D eigenvalue weighted by Crippen LogP contribution is 2.33. The topological polar surface area (TPSA) is 60.9 Å². The lowest BCUT2D eigenvalue weighted by Crippen LogP contribution is -2.29. The van der Waals surface area contributed by atoms with E-state index in [1.54, 1.807) is 11.8 Å². The standard InChI is InChI=1S/C12H14N2O3S3/c1-7(5-8-13(2)3-4-19-8)10-11(17)20-12(18)14(10)6-9(15)16/h5H,3-4,6H2,1-2H3,(H,15,16). The summed E-state index contributed by atoms with van der Waals surface area (Å²) in [6.07, 6.45) is 1.92. The fourth-order valence-electron chi connectivity index (χ4n) is 1.95. The van der Waals surface area contributed by atoms with E-state index in [1.807, 2.05) is 20.0 Å². The Morgan fingerprint density at radius 3 is 2.80 bits per heavy atom. The minimum absolute atomic E-state index is 0.184. The van der Waals surface area contributed by atoms with Crippen LogP contribution in [0.15, 0.2) is 22.4 Å². The molecule has 2 fully saturated rings. The first-order valence-electron chi connectivity index (χ1n) is 5.92. The van der Waals surface area contributed by atoms with E-state index in [1.165, 1.54) is 4.90 Å². The molecule has 0 unspecified atom stereocenters. The monoisotopic (exact) mass is 330 g/mol. The van der Waals surface area contributed by atoms with Gasteiger partial charge in [0, 0.05) is 19.3 Å². The second-order valence-electron chi connectivity index (χ2n) is 4.42. The molecule has 20 heavy (non-hydrogen) atoms. The van der Waals surface area contributed by atoms with Crippen molar-refractivity contribution in [1.29, 1.82) is 0 Å². The average molecular weight is 330 g/mol. The maximum atomic E-state index is 12.0. The minimum Gasteiger partial charge on any atom is -0.480 e. The molecule has 0 spiro atoms. The lowest BCUT2D eigenvalue weighted by Gasteiger charge is -2.17. The third-order valence-corrected chi connectivity index (χ3v) is 5.28. The van der Waals surface area contributed by atoms with Crippen LogP contribution in [0.2, 0.25) is 0 Å². The van der Waals surface area contributed by atoms with Gasteiger partial charge in [0.15, 0.2) is 0 Å². The van der Waals surface area contributed by atoms with Gasteiger partial charge in [-0.1, -0.05) is 12.2 Å². The Kier molecular flexibility index (Phi) is 4.77. The van der Waals surface area contributed by atoms with E-state index < -0.39 is 5.97 Å². The number of carboxylic acids is 1. The van der Waals surface area contributed by atoms with E-state index in [9.17, 15) is 9.59 Å². The van der Waals surface area contributed by atoms with Gasteiger partial charge in [0.2, 0.25) is 5.12 Å². The highest BCUT2D eigenvalue weighted by molar-refractivity contribution is 8.33. The maximum absolute atomic E-state index is 12.0. The summed E-state index contributed by atoms with van der Waals surface area (Å²) < 4.78 is 0.303. The van der Waals surface area contributed by atoms with Crippen molar-refractivity contribution in [3.63, 3.8) is 0 Å². The molecule has 2 saturated heterocycles. The van der Waals surface area contributed by atoms with E-state index in [4.69, 9.17) is 17.3 Å². The molecular weight excluding hydrogens is 316 g/mol.